The zero-order valence-corrected chi connectivity index (χ0v) is 15.7. The third kappa shape index (κ3) is 4.78. The number of benzene rings is 2. The van der Waals surface area contributed by atoms with Crippen LogP contribution in [0.4, 0.5) is 5.69 Å². The van der Waals surface area contributed by atoms with Crippen molar-refractivity contribution in [2.24, 2.45) is 0 Å². The first-order valence-corrected chi connectivity index (χ1v) is 8.54. The summed E-state index contributed by atoms with van der Waals surface area (Å²) in [7, 11) is 1.57. The zero-order valence-electron chi connectivity index (χ0n) is 13.6. The largest absolute Gasteiger partial charge is 0.383 e. The number of para-hydroxylation sites is 1. The highest BCUT2D eigenvalue weighted by Crippen LogP contribution is 2.18. The van der Waals surface area contributed by atoms with Crippen LogP contribution in [0, 0.1) is 10.5 Å². The predicted octanol–water partition coefficient (Wildman–Crippen LogP) is 3.23. The smallest absolute Gasteiger partial charge is 0.255 e. The molecule has 2 amide bonds. The Bertz CT molecular complexity index is 747. The maximum Gasteiger partial charge on any atom is 0.255 e. The van der Waals surface area contributed by atoms with Crippen molar-refractivity contribution >= 4 is 40.1 Å². The van der Waals surface area contributed by atoms with Crippen LogP contribution in [0.3, 0.4) is 0 Å². The monoisotopic (exact) mass is 438 g/mol. The Kier molecular flexibility index (Phi) is 6.74. The zero-order chi connectivity index (χ0) is 17.5. The van der Waals surface area contributed by atoms with Crippen LogP contribution in [0.5, 0.6) is 0 Å². The van der Waals surface area contributed by atoms with Crippen molar-refractivity contribution in [3.8, 4) is 0 Å². The first kappa shape index (κ1) is 18.4. The summed E-state index contributed by atoms with van der Waals surface area (Å²) in [6.45, 7) is 2.83. The van der Waals surface area contributed by atoms with E-state index in [1.165, 1.54) is 0 Å². The van der Waals surface area contributed by atoms with E-state index in [0.29, 0.717) is 30.0 Å². The average molecular weight is 438 g/mol. The van der Waals surface area contributed by atoms with E-state index in [4.69, 9.17) is 4.74 Å². The second kappa shape index (κ2) is 8.79. The number of rotatable bonds is 6. The fourth-order valence-corrected chi connectivity index (χ4v) is 2.60. The Hall–Kier alpha value is -1.93. The standard InChI is InChI=1S/C18H19IN2O3/c1-12-7-8-13(11-15(12)19)17(22)21-16-6-4-3-5-14(16)18(23)20-9-10-24-2/h3-8,11H,9-10H2,1-2H3,(H,20,23)(H,21,22). The average Bonchev–Trinajstić information content (AvgIpc) is 2.58. The lowest BCUT2D eigenvalue weighted by Crippen LogP contribution is -2.28. The first-order valence-electron chi connectivity index (χ1n) is 7.46. The SMILES string of the molecule is COCCNC(=O)c1ccccc1NC(=O)c1ccc(C)c(I)c1. The molecule has 2 rings (SSSR count). The number of hydrogen-bond donors (Lipinski definition) is 2. The van der Waals surface area contributed by atoms with Crippen LogP contribution in [0.25, 0.3) is 0 Å². The number of aryl methyl sites for hydroxylation is 1. The molecule has 0 atom stereocenters. The minimum atomic E-state index is -0.249. The van der Waals surface area contributed by atoms with Gasteiger partial charge in [0.05, 0.1) is 17.9 Å². The number of amides is 2. The summed E-state index contributed by atoms with van der Waals surface area (Å²) in [5.74, 6) is -0.494. The fourth-order valence-electron chi connectivity index (χ4n) is 2.08. The van der Waals surface area contributed by atoms with Gasteiger partial charge in [0.2, 0.25) is 0 Å². The van der Waals surface area contributed by atoms with Crippen LogP contribution in [0.1, 0.15) is 26.3 Å². The fraction of sp³-hybridized carbons (Fsp3) is 0.222. The van der Waals surface area contributed by atoms with Crippen molar-refractivity contribution < 1.29 is 14.3 Å². The summed E-state index contributed by atoms with van der Waals surface area (Å²) < 4.78 is 5.94. The summed E-state index contributed by atoms with van der Waals surface area (Å²) in [5, 5.41) is 5.56. The van der Waals surface area contributed by atoms with Crippen LogP contribution in [-0.2, 0) is 4.74 Å². The van der Waals surface area contributed by atoms with Gasteiger partial charge in [-0.05, 0) is 59.3 Å². The lowest BCUT2D eigenvalue weighted by atomic mass is 10.1. The molecule has 0 aliphatic carbocycles. The normalized spacial score (nSPS) is 10.3. The molecule has 6 heteroatoms. The molecule has 2 aromatic rings. The van der Waals surface area contributed by atoms with Gasteiger partial charge < -0.3 is 15.4 Å². The van der Waals surface area contributed by atoms with E-state index in [-0.39, 0.29) is 11.8 Å². The summed E-state index contributed by atoms with van der Waals surface area (Å²) in [5.41, 5.74) is 2.57. The summed E-state index contributed by atoms with van der Waals surface area (Å²) in [4.78, 5) is 24.7. The van der Waals surface area contributed by atoms with E-state index in [2.05, 4.69) is 33.2 Å². The molecular formula is C18H19IN2O3. The van der Waals surface area contributed by atoms with Crippen LogP contribution in [-0.4, -0.2) is 32.1 Å². The van der Waals surface area contributed by atoms with Gasteiger partial charge in [-0.25, -0.2) is 0 Å². The van der Waals surface area contributed by atoms with Gasteiger partial charge in [0.1, 0.15) is 0 Å². The molecule has 0 aliphatic heterocycles. The second-order valence-corrected chi connectivity index (χ2v) is 6.37. The molecule has 0 fully saturated rings. The Morgan fingerprint density at radius 3 is 2.58 bits per heavy atom. The first-order chi connectivity index (χ1) is 11.5. The van der Waals surface area contributed by atoms with Gasteiger partial charge in [-0.15, -0.1) is 0 Å². The number of nitrogens with one attached hydrogen (secondary N) is 2. The van der Waals surface area contributed by atoms with Gasteiger partial charge in [0, 0.05) is 22.8 Å². The molecule has 5 nitrogen and oxygen atoms in total. The predicted molar refractivity (Wildman–Crippen MR) is 103 cm³/mol. The summed E-state index contributed by atoms with van der Waals surface area (Å²) in [6.07, 6.45) is 0. The van der Waals surface area contributed by atoms with Crippen molar-refractivity contribution in [1.29, 1.82) is 0 Å². The molecule has 0 saturated heterocycles. The van der Waals surface area contributed by atoms with E-state index >= 15 is 0 Å². The van der Waals surface area contributed by atoms with Gasteiger partial charge in [-0.3, -0.25) is 9.59 Å². The lowest BCUT2D eigenvalue weighted by Gasteiger charge is -2.12. The van der Waals surface area contributed by atoms with Crippen LogP contribution < -0.4 is 10.6 Å². The van der Waals surface area contributed by atoms with Crippen molar-refractivity contribution in [2.75, 3.05) is 25.6 Å². The Morgan fingerprint density at radius 2 is 1.88 bits per heavy atom. The highest BCUT2D eigenvalue weighted by atomic mass is 127. The third-order valence-electron chi connectivity index (χ3n) is 3.45. The molecular weight excluding hydrogens is 419 g/mol. The Morgan fingerprint density at radius 1 is 1.12 bits per heavy atom. The maximum absolute atomic E-state index is 12.4. The quantitative estimate of drug-likeness (QED) is 0.538. The molecule has 0 saturated carbocycles. The molecule has 0 heterocycles. The maximum atomic E-state index is 12.4. The molecule has 0 bridgehead atoms. The third-order valence-corrected chi connectivity index (χ3v) is 4.61. The molecule has 0 aliphatic rings. The molecule has 126 valence electrons. The van der Waals surface area contributed by atoms with E-state index in [1.807, 2.05) is 19.1 Å². The highest BCUT2D eigenvalue weighted by Gasteiger charge is 2.14. The second-order valence-electron chi connectivity index (χ2n) is 5.21. The number of ether oxygens (including phenoxy) is 1. The summed E-state index contributed by atoms with van der Waals surface area (Å²) in [6, 6.07) is 12.4. The topological polar surface area (TPSA) is 67.4 Å². The van der Waals surface area contributed by atoms with E-state index in [1.54, 1.807) is 37.4 Å². The lowest BCUT2D eigenvalue weighted by molar-refractivity contribution is 0.0938. The molecule has 0 unspecified atom stereocenters. The number of hydrogen-bond acceptors (Lipinski definition) is 3. The van der Waals surface area contributed by atoms with Crippen LogP contribution >= 0.6 is 22.6 Å². The number of carbonyl (C=O) groups is 2. The van der Waals surface area contributed by atoms with Gasteiger partial charge in [0.25, 0.3) is 11.8 Å². The van der Waals surface area contributed by atoms with Crippen LogP contribution in [0.15, 0.2) is 42.5 Å². The number of methoxy groups -OCH3 is 1. The van der Waals surface area contributed by atoms with Crippen molar-refractivity contribution in [3.05, 3.63) is 62.7 Å². The number of anilines is 1. The Balaban J connectivity index is 2.15. The molecule has 2 N–H and O–H groups in total. The molecule has 0 radical (unpaired) electrons. The molecule has 0 spiro atoms. The van der Waals surface area contributed by atoms with Crippen molar-refractivity contribution in [2.45, 2.75) is 6.92 Å². The van der Waals surface area contributed by atoms with E-state index < -0.39 is 0 Å². The van der Waals surface area contributed by atoms with Gasteiger partial charge >= 0.3 is 0 Å². The van der Waals surface area contributed by atoms with Crippen LogP contribution in [0.2, 0.25) is 0 Å². The van der Waals surface area contributed by atoms with E-state index in [0.717, 1.165) is 9.13 Å². The van der Waals surface area contributed by atoms with Gasteiger partial charge in [-0.1, -0.05) is 18.2 Å². The van der Waals surface area contributed by atoms with Gasteiger partial charge in [0.15, 0.2) is 0 Å². The molecule has 24 heavy (non-hydrogen) atoms. The molecule has 0 aromatic heterocycles. The van der Waals surface area contributed by atoms with Crippen molar-refractivity contribution in [3.63, 3.8) is 0 Å². The molecule has 2 aromatic carbocycles. The Labute approximate surface area is 154 Å². The van der Waals surface area contributed by atoms with Gasteiger partial charge in [-0.2, -0.15) is 0 Å². The minimum Gasteiger partial charge on any atom is -0.383 e. The van der Waals surface area contributed by atoms with E-state index in [9.17, 15) is 9.59 Å². The number of carbonyl (C=O) groups excluding carboxylic acids is 2. The minimum absolute atomic E-state index is 0.245. The highest BCUT2D eigenvalue weighted by molar-refractivity contribution is 14.1. The number of halogens is 1. The van der Waals surface area contributed by atoms with Crippen molar-refractivity contribution in [1.82, 2.24) is 5.32 Å². The summed E-state index contributed by atoms with van der Waals surface area (Å²) >= 11 is 2.19.